The summed E-state index contributed by atoms with van der Waals surface area (Å²) in [5.74, 6) is -0.268. The molecule has 2 amide bonds. The lowest BCUT2D eigenvalue weighted by Crippen LogP contribution is -2.27. The molecule has 19 heavy (non-hydrogen) atoms. The van der Waals surface area contributed by atoms with Gasteiger partial charge in [-0.05, 0) is 28.7 Å². The number of ether oxygens (including phenoxy) is 2. The van der Waals surface area contributed by atoms with E-state index in [9.17, 15) is 9.59 Å². The van der Waals surface area contributed by atoms with Crippen LogP contribution in [0.2, 0.25) is 0 Å². The highest BCUT2D eigenvalue weighted by Gasteiger charge is 2.25. The van der Waals surface area contributed by atoms with Gasteiger partial charge in [-0.1, -0.05) is 25.1 Å². The van der Waals surface area contributed by atoms with E-state index in [1.165, 1.54) is 0 Å². The Balaban J connectivity index is 2.91. The largest absolute Gasteiger partial charge is 0.449 e. The molecule has 0 bridgehead atoms. The number of nitrogens with two attached hydrogens (primary N) is 2. The Labute approximate surface area is 124 Å². The number of hydrogen-bond acceptors (Lipinski definition) is 4. The minimum absolute atomic E-state index is 0.0399. The van der Waals surface area contributed by atoms with E-state index in [4.69, 9.17) is 20.9 Å². The molecule has 0 spiro atoms. The summed E-state index contributed by atoms with van der Waals surface area (Å²) in [4.78, 5) is 21.6. The monoisotopic (exact) mass is 378 g/mol. The topological polar surface area (TPSA) is 105 Å². The van der Waals surface area contributed by atoms with Crippen LogP contribution in [-0.2, 0) is 9.47 Å². The molecule has 0 aromatic heterocycles. The summed E-state index contributed by atoms with van der Waals surface area (Å²) >= 11 is 2.13. The first kappa shape index (κ1) is 15.5. The maximum absolute atomic E-state index is 11.0. The van der Waals surface area contributed by atoms with E-state index in [0.717, 1.165) is 9.13 Å². The molecular formula is C12H15IN2O4. The molecule has 4 N–H and O–H groups in total. The summed E-state index contributed by atoms with van der Waals surface area (Å²) in [6, 6.07) is 7.42. The van der Waals surface area contributed by atoms with Crippen LogP contribution < -0.4 is 11.5 Å². The normalized spacial score (nSPS) is 13.4. The van der Waals surface area contributed by atoms with Crippen molar-refractivity contribution in [2.45, 2.75) is 13.0 Å². The maximum atomic E-state index is 11.0. The van der Waals surface area contributed by atoms with Gasteiger partial charge in [-0.2, -0.15) is 0 Å². The molecule has 0 fully saturated rings. The molecule has 0 aliphatic rings. The highest BCUT2D eigenvalue weighted by atomic mass is 127. The van der Waals surface area contributed by atoms with Crippen LogP contribution in [0, 0.1) is 9.49 Å². The Hall–Kier alpha value is -1.51. The third-order valence-electron chi connectivity index (χ3n) is 2.46. The van der Waals surface area contributed by atoms with Crippen LogP contribution in [-0.4, -0.2) is 18.8 Å². The number of hydrogen-bond donors (Lipinski definition) is 2. The summed E-state index contributed by atoms with van der Waals surface area (Å²) in [6.07, 6.45) is -2.34. The first-order valence-electron chi connectivity index (χ1n) is 5.54. The molecule has 1 aromatic carbocycles. The van der Waals surface area contributed by atoms with Gasteiger partial charge in [0.1, 0.15) is 6.10 Å². The zero-order chi connectivity index (χ0) is 14.4. The first-order valence-corrected chi connectivity index (χ1v) is 6.62. The predicted molar refractivity (Wildman–Crippen MR) is 77.3 cm³/mol. The minimum Gasteiger partial charge on any atom is -0.449 e. The van der Waals surface area contributed by atoms with Gasteiger partial charge >= 0.3 is 12.2 Å². The number of amides is 2. The van der Waals surface area contributed by atoms with Gasteiger partial charge in [-0.3, -0.25) is 0 Å². The summed E-state index contributed by atoms with van der Waals surface area (Å²) in [6.45, 7) is 1.82. The lowest BCUT2D eigenvalue weighted by molar-refractivity contribution is 0.0433. The van der Waals surface area contributed by atoms with Crippen molar-refractivity contribution in [2.75, 3.05) is 6.61 Å². The van der Waals surface area contributed by atoms with Crippen molar-refractivity contribution in [3.8, 4) is 0 Å². The Kier molecular flexibility index (Phi) is 5.87. The third-order valence-corrected chi connectivity index (χ3v) is 3.44. The van der Waals surface area contributed by atoms with Gasteiger partial charge in [0.2, 0.25) is 0 Å². The van der Waals surface area contributed by atoms with Gasteiger partial charge in [0, 0.05) is 15.1 Å². The maximum Gasteiger partial charge on any atom is 0.405 e. The molecule has 0 saturated heterocycles. The highest BCUT2D eigenvalue weighted by molar-refractivity contribution is 14.1. The van der Waals surface area contributed by atoms with E-state index in [1.807, 2.05) is 24.3 Å². The standard InChI is InChI=1S/C12H15IN2O4/c1-7(6-18-11(14)16)10(19-12(15)17)8-4-2-3-5-9(8)13/h2-5,7,10H,6H2,1H3,(H2,14,16)(H2,15,17)/t7-,10-/m0/s1. The summed E-state index contributed by atoms with van der Waals surface area (Å²) in [5.41, 5.74) is 10.8. The van der Waals surface area contributed by atoms with Crippen LogP contribution >= 0.6 is 22.6 Å². The highest BCUT2D eigenvalue weighted by Crippen LogP contribution is 2.29. The average molecular weight is 378 g/mol. The fraction of sp³-hybridized carbons (Fsp3) is 0.333. The predicted octanol–water partition coefficient (Wildman–Crippen LogP) is 2.16. The fourth-order valence-electron chi connectivity index (χ4n) is 1.62. The first-order chi connectivity index (χ1) is 8.91. The van der Waals surface area contributed by atoms with Crippen LogP contribution in [0.4, 0.5) is 9.59 Å². The summed E-state index contributed by atoms with van der Waals surface area (Å²) < 4.78 is 10.8. The van der Waals surface area contributed by atoms with Gasteiger partial charge in [0.25, 0.3) is 0 Å². The molecule has 1 rings (SSSR count). The van der Waals surface area contributed by atoms with Gasteiger partial charge < -0.3 is 20.9 Å². The number of halogens is 1. The van der Waals surface area contributed by atoms with Gasteiger partial charge in [0.15, 0.2) is 0 Å². The second-order valence-electron chi connectivity index (χ2n) is 3.99. The number of primary amides is 2. The molecule has 0 aliphatic carbocycles. The Morgan fingerprint density at radius 3 is 2.42 bits per heavy atom. The zero-order valence-electron chi connectivity index (χ0n) is 10.3. The van der Waals surface area contributed by atoms with Crippen LogP contribution in [0.3, 0.4) is 0 Å². The fourth-order valence-corrected chi connectivity index (χ4v) is 2.31. The van der Waals surface area contributed by atoms with Crippen LogP contribution in [0.25, 0.3) is 0 Å². The van der Waals surface area contributed by atoms with Gasteiger partial charge in [-0.15, -0.1) is 0 Å². The van der Waals surface area contributed by atoms with E-state index in [2.05, 4.69) is 22.6 Å². The van der Waals surface area contributed by atoms with Crippen LogP contribution in [0.5, 0.6) is 0 Å². The Bertz CT molecular complexity index is 467. The van der Waals surface area contributed by atoms with E-state index in [0.29, 0.717) is 0 Å². The number of carbonyl (C=O) groups is 2. The second-order valence-corrected chi connectivity index (χ2v) is 5.15. The van der Waals surface area contributed by atoms with Crippen LogP contribution in [0.15, 0.2) is 24.3 Å². The lowest BCUT2D eigenvalue weighted by Gasteiger charge is -2.24. The van der Waals surface area contributed by atoms with Crippen LogP contribution in [0.1, 0.15) is 18.6 Å². The Morgan fingerprint density at radius 1 is 1.26 bits per heavy atom. The molecule has 2 atom stereocenters. The SMILES string of the molecule is C[C@@H](COC(N)=O)[C@H](OC(N)=O)c1ccccc1I. The molecule has 0 saturated carbocycles. The number of benzene rings is 1. The molecular weight excluding hydrogens is 363 g/mol. The zero-order valence-corrected chi connectivity index (χ0v) is 12.5. The lowest BCUT2D eigenvalue weighted by atomic mass is 9.98. The summed E-state index contributed by atoms with van der Waals surface area (Å²) in [7, 11) is 0. The van der Waals surface area contributed by atoms with Crippen molar-refractivity contribution in [3.05, 3.63) is 33.4 Å². The van der Waals surface area contributed by atoms with Crippen molar-refractivity contribution in [3.63, 3.8) is 0 Å². The van der Waals surface area contributed by atoms with E-state index >= 15 is 0 Å². The minimum atomic E-state index is -0.879. The van der Waals surface area contributed by atoms with E-state index in [-0.39, 0.29) is 12.5 Å². The summed E-state index contributed by atoms with van der Waals surface area (Å²) in [5, 5.41) is 0. The third kappa shape index (κ3) is 4.93. The van der Waals surface area contributed by atoms with Crippen molar-refractivity contribution >= 4 is 34.8 Å². The van der Waals surface area contributed by atoms with Gasteiger partial charge in [0.05, 0.1) is 6.61 Å². The molecule has 0 aliphatic heterocycles. The van der Waals surface area contributed by atoms with Gasteiger partial charge in [-0.25, -0.2) is 9.59 Å². The van der Waals surface area contributed by atoms with Crippen molar-refractivity contribution in [1.29, 1.82) is 0 Å². The second kappa shape index (κ2) is 7.17. The average Bonchev–Trinajstić information content (AvgIpc) is 2.33. The van der Waals surface area contributed by atoms with Crippen molar-refractivity contribution < 1.29 is 19.1 Å². The smallest absolute Gasteiger partial charge is 0.405 e. The van der Waals surface area contributed by atoms with E-state index in [1.54, 1.807) is 6.92 Å². The molecule has 7 heteroatoms. The Morgan fingerprint density at radius 2 is 1.89 bits per heavy atom. The molecule has 0 unspecified atom stereocenters. The molecule has 104 valence electrons. The number of rotatable bonds is 5. The molecule has 1 aromatic rings. The number of carbonyl (C=O) groups excluding carboxylic acids is 2. The van der Waals surface area contributed by atoms with Crippen molar-refractivity contribution in [2.24, 2.45) is 17.4 Å². The van der Waals surface area contributed by atoms with Crippen molar-refractivity contribution in [1.82, 2.24) is 0 Å². The quantitative estimate of drug-likeness (QED) is 0.766. The molecule has 6 nitrogen and oxygen atoms in total. The van der Waals surface area contributed by atoms with E-state index < -0.39 is 18.3 Å². The molecule has 0 radical (unpaired) electrons. The molecule has 0 heterocycles.